The maximum absolute atomic E-state index is 12.1. The molecule has 0 aromatic carbocycles. The van der Waals surface area contributed by atoms with E-state index in [1.54, 1.807) is 13.1 Å². The van der Waals surface area contributed by atoms with Crippen molar-refractivity contribution >= 4 is 23.5 Å². The molecule has 0 N–H and O–H groups in total. The van der Waals surface area contributed by atoms with Gasteiger partial charge in [0.05, 0.1) is 12.2 Å². The smallest absolute Gasteiger partial charge is 0.410 e. The SMILES string of the molecule is C[C@@H]1CCCN1c1cc(Cl)cc(CN(C)C(=O)OC(C)(C)C)n1. The summed E-state index contributed by atoms with van der Waals surface area (Å²) in [6.07, 6.45) is 1.97. The van der Waals surface area contributed by atoms with Crippen LogP contribution in [0, 0.1) is 0 Å². The number of nitrogens with zero attached hydrogens (tertiary/aromatic N) is 3. The summed E-state index contributed by atoms with van der Waals surface area (Å²) >= 11 is 6.24. The molecule has 2 heterocycles. The van der Waals surface area contributed by atoms with Crippen molar-refractivity contribution in [2.24, 2.45) is 0 Å². The quantitative estimate of drug-likeness (QED) is 0.832. The minimum atomic E-state index is -0.511. The number of carbonyl (C=O) groups is 1. The van der Waals surface area contributed by atoms with Crippen molar-refractivity contribution in [3.8, 4) is 0 Å². The van der Waals surface area contributed by atoms with E-state index in [1.807, 2.05) is 26.8 Å². The van der Waals surface area contributed by atoms with E-state index < -0.39 is 5.60 Å². The molecule has 6 heteroatoms. The van der Waals surface area contributed by atoms with E-state index in [-0.39, 0.29) is 6.09 Å². The third-order valence-electron chi connectivity index (χ3n) is 3.78. The number of ether oxygens (including phenoxy) is 1. The third-order valence-corrected chi connectivity index (χ3v) is 4.00. The number of anilines is 1. The summed E-state index contributed by atoms with van der Waals surface area (Å²) in [4.78, 5) is 20.5. The van der Waals surface area contributed by atoms with Crippen LogP contribution < -0.4 is 4.90 Å². The lowest BCUT2D eigenvalue weighted by atomic mass is 10.2. The molecule has 1 saturated heterocycles. The van der Waals surface area contributed by atoms with Gasteiger partial charge in [-0.2, -0.15) is 0 Å². The first-order valence-electron chi connectivity index (χ1n) is 8.03. The lowest BCUT2D eigenvalue weighted by Crippen LogP contribution is -2.34. The molecule has 1 aliphatic rings. The van der Waals surface area contributed by atoms with Gasteiger partial charge in [0.2, 0.25) is 0 Å². The number of rotatable bonds is 3. The highest BCUT2D eigenvalue weighted by atomic mass is 35.5. The molecule has 0 spiro atoms. The first-order chi connectivity index (χ1) is 10.7. The highest BCUT2D eigenvalue weighted by Gasteiger charge is 2.23. The van der Waals surface area contributed by atoms with Crippen molar-refractivity contribution in [2.75, 3.05) is 18.5 Å². The third kappa shape index (κ3) is 4.99. The minimum Gasteiger partial charge on any atom is -0.444 e. The molecule has 1 aliphatic heterocycles. The van der Waals surface area contributed by atoms with E-state index in [2.05, 4.69) is 16.8 Å². The highest BCUT2D eigenvalue weighted by molar-refractivity contribution is 6.30. The Labute approximate surface area is 143 Å². The number of halogens is 1. The van der Waals surface area contributed by atoms with Gasteiger partial charge >= 0.3 is 6.09 Å². The maximum Gasteiger partial charge on any atom is 0.410 e. The van der Waals surface area contributed by atoms with Crippen molar-refractivity contribution in [3.63, 3.8) is 0 Å². The molecule has 1 fully saturated rings. The molecule has 128 valence electrons. The van der Waals surface area contributed by atoms with Gasteiger partial charge in [-0.05, 0) is 52.7 Å². The minimum absolute atomic E-state index is 0.365. The standard InChI is InChI=1S/C17H26ClN3O2/c1-12-7-6-8-21(12)15-10-13(18)9-14(19-15)11-20(5)16(22)23-17(2,3)4/h9-10,12H,6-8,11H2,1-5H3/t12-/m1/s1. The Morgan fingerprint density at radius 1 is 1.48 bits per heavy atom. The molecule has 0 aliphatic carbocycles. The average Bonchev–Trinajstić information content (AvgIpc) is 2.82. The molecule has 1 aromatic rings. The number of pyridine rings is 1. The Morgan fingerprint density at radius 2 is 2.17 bits per heavy atom. The lowest BCUT2D eigenvalue weighted by molar-refractivity contribution is 0.0283. The van der Waals surface area contributed by atoms with Gasteiger partial charge in [0.15, 0.2) is 0 Å². The highest BCUT2D eigenvalue weighted by Crippen LogP contribution is 2.26. The van der Waals surface area contributed by atoms with Crippen molar-refractivity contribution < 1.29 is 9.53 Å². The number of hydrogen-bond acceptors (Lipinski definition) is 4. The van der Waals surface area contributed by atoms with Gasteiger partial charge in [0, 0.05) is 24.7 Å². The second-order valence-electron chi connectivity index (χ2n) is 7.16. The molecule has 0 unspecified atom stereocenters. The molecule has 1 amide bonds. The fourth-order valence-electron chi connectivity index (χ4n) is 2.68. The molecule has 23 heavy (non-hydrogen) atoms. The van der Waals surface area contributed by atoms with Gasteiger partial charge in [-0.3, -0.25) is 0 Å². The van der Waals surface area contributed by atoms with E-state index in [1.165, 1.54) is 17.7 Å². The van der Waals surface area contributed by atoms with Gasteiger partial charge in [0.25, 0.3) is 0 Å². The fourth-order valence-corrected chi connectivity index (χ4v) is 2.91. The Morgan fingerprint density at radius 3 is 2.74 bits per heavy atom. The zero-order valence-corrected chi connectivity index (χ0v) is 15.4. The predicted octanol–water partition coefficient (Wildman–Crippen LogP) is 4.09. The Kier molecular flexibility index (Phi) is 5.40. The molecule has 0 saturated carbocycles. The summed E-state index contributed by atoms with van der Waals surface area (Å²) < 4.78 is 5.36. The van der Waals surface area contributed by atoms with E-state index >= 15 is 0 Å². The fraction of sp³-hybridized carbons (Fsp3) is 0.647. The molecule has 2 rings (SSSR count). The topological polar surface area (TPSA) is 45.7 Å². The molecule has 1 atom stereocenters. The summed E-state index contributed by atoms with van der Waals surface area (Å²) in [7, 11) is 1.70. The average molecular weight is 340 g/mol. The van der Waals surface area contributed by atoms with Crippen LogP contribution in [0.3, 0.4) is 0 Å². The van der Waals surface area contributed by atoms with E-state index in [0.717, 1.165) is 18.1 Å². The summed E-state index contributed by atoms with van der Waals surface area (Å²) in [5, 5.41) is 0.640. The van der Waals surface area contributed by atoms with Crippen LogP contribution in [0.5, 0.6) is 0 Å². The van der Waals surface area contributed by atoms with Crippen molar-refractivity contribution in [2.45, 2.75) is 58.7 Å². The zero-order chi connectivity index (χ0) is 17.2. The monoisotopic (exact) mass is 339 g/mol. The van der Waals surface area contributed by atoms with Crippen LogP contribution in [0.15, 0.2) is 12.1 Å². The Bertz CT molecular complexity index is 571. The van der Waals surface area contributed by atoms with E-state index in [9.17, 15) is 4.79 Å². The Balaban J connectivity index is 2.11. The van der Waals surface area contributed by atoms with Crippen LogP contribution in [0.2, 0.25) is 5.02 Å². The van der Waals surface area contributed by atoms with Crippen LogP contribution >= 0.6 is 11.6 Å². The predicted molar refractivity (Wildman–Crippen MR) is 93.0 cm³/mol. The van der Waals surface area contributed by atoms with Crippen molar-refractivity contribution in [1.29, 1.82) is 0 Å². The molecule has 1 aromatic heterocycles. The molecule has 5 nitrogen and oxygen atoms in total. The second kappa shape index (κ2) is 6.95. The lowest BCUT2D eigenvalue weighted by Gasteiger charge is -2.26. The van der Waals surface area contributed by atoms with Gasteiger partial charge in [-0.15, -0.1) is 0 Å². The van der Waals surface area contributed by atoms with E-state index in [0.29, 0.717) is 17.6 Å². The summed E-state index contributed by atoms with van der Waals surface area (Å²) in [6.45, 7) is 9.11. The molecular formula is C17H26ClN3O2. The Hall–Kier alpha value is -1.49. The van der Waals surface area contributed by atoms with Crippen molar-refractivity contribution in [3.05, 3.63) is 22.8 Å². The molecule has 0 bridgehead atoms. The van der Waals surface area contributed by atoms with Crippen LogP contribution in [-0.2, 0) is 11.3 Å². The van der Waals surface area contributed by atoms with Crippen LogP contribution in [0.1, 0.15) is 46.2 Å². The van der Waals surface area contributed by atoms with Crippen LogP contribution in [0.25, 0.3) is 0 Å². The first kappa shape index (κ1) is 17.9. The van der Waals surface area contributed by atoms with Crippen molar-refractivity contribution in [1.82, 2.24) is 9.88 Å². The molecular weight excluding hydrogens is 314 g/mol. The number of carbonyl (C=O) groups excluding carboxylic acids is 1. The molecule has 0 radical (unpaired) electrons. The summed E-state index contributed by atoms with van der Waals surface area (Å²) in [6, 6.07) is 4.16. The summed E-state index contributed by atoms with van der Waals surface area (Å²) in [5.74, 6) is 0.884. The second-order valence-corrected chi connectivity index (χ2v) is 7.59. The number of amides is 1. The van der Waals surface area contributed by atoms with Gasteiger partial charge in [-0.1, -0.05) is 11.6 Å². The van der Waals surface area contributed by atoms with Gasteiger partial charge in [0.1, 0.15) is 11.4 Å². The van der Waals surface area contributed by atoms with Gasteiger partial charge in [-0.25, -0.2) is 9.78 Å². The number of hydrogen-bond donors (Lipinski definition) is 0. The first-order valence-corrected chi connectivity index (χ1v) is 8.41. The van der Waals surface area contributed by atoms with Crippen LogP contribution in [-0.4, -0.2) is 41.2 Å². The normalized spacial score (nSPS) is 18.2. The van der Waals surface area contributed by atoms with Crippen LogP contribution in [0.4, 0.5) is 10.6 Å². The number of aromatic nitrogens is 1. The largest absolute Gasteiger partial charge is 0.444 e. The van der Waals surface area contributed by atoms with Gasteiger partial charge < -0.3 is 14.5 Å². The zero-order valence-electron chi connectivity index (χ0n) is 14.6. The summed E-state index contributed by atoms with van der Waals surface area (Å²) in [5.41, 5.74) is 0.253. The van der Waals surface area contributed by atoms with E-state index in [4.69, 9.17) is 16.3 Å². The maximum atomic E-state index is 12.1.